The lowest BCUT2D eigenvalue weighted by molar-refractivity contribution is 0.0665. The first kappa shape index (κ1) is 17.6. The van der Waals surface area contributed by atoms with Gasteiger partial charge in [0, 0.05) is 41.7 Å². The summed E-state index contributed by atoms with van der Waals surface area (Å²) >= 11 is 0. The molecule has 1 fully saturated rings. The SMILES string of the molecule is Cc1cc(C(=O)N2CC[C@H](C)[C@@H](c3cc(C)nc4ncnn34)C2)cc(C)n1. The summed E-state index contributed by atoms with van der Waals surface area (Å²) in [5, 5.41) is 4.35. The monoisotopic (exact) mass is 364 g/mol. The molecule has 0 bridgehead atoms. The lowest BCUT2D eigenvalue weighted by Gasteiger charge is -2.37. The molecule has 4 rings (SSSR count). The summed E-state index contributed by atoms with van der Waals surface area (Å²) in [5.74, 6) is 1.32. The van der Waals surface area contributed by atoms with Crippen LogP contribution in [0.15, 0.2) is 24.5 Å². The van der Waals surface area contributed by atoms with Crippen molar-refractivity contribution >= 4 is 11.7 Å². The van der Waals surface area contributed by atoms with E-state index in [4.69, 9.17) is 0 Å². The minimum absolute atomic E-state index is 0.0705. The molecule has 1 saturated heterocycles. The molecule has 2 atom stereocenters. The maximum atomic E-state index is 13.1. The fourth-order valence-electron chi connectivity index (χ4n) is 4.00. The van der Waals surface area contributed by atoms with E-state index >= 15 is 0 Å². The van der Waals surface area contributed by atoms with E-state index in [1.807, 2.05) is 42.3 Å². The molecule has 27 heavy (non-hydrogen) atoms. The van der Waals surface area contributed by atoms with Crippen molar-refractivity contribution in [2.75, 3.05) is 13.1 Å². The Morgan fingerprint density at radius 2 is 1.78 bits per heavy atom. The van der Waals surface area contributed by atoms with Crippen LogP contribution >= 0.6 is 0 Å². The van der Waals surface area contributed by atoms with E-state index in [0.29, 0.717) is 23.8 Å². The zero-order valence-electron chi connectivity index (χ0n) is 16.2. The van der Waals surface area contributed by atoms with E-state index in [0.717, 1.165) is 35.7 Å². The maximum absolute atomic E-state index is 13.1. The summed E-state index contributed by atoms with van der Waals surface area (Å²) in [5.41, 5.74) is 4.44. The molecular formula is C20H24N6O. The van der Waals surface area contributed by atoms with E-state index < -0.39 is 0 Å². The Hall–Kier alpha value is -2.83. The highest BCUT2D eigenvalue weighted by atomic mass is 16.2. The number of likely N-dealkylation sites (tertiary alicyclic amines) is 1. The zero-order valence-corrected chi connectivity index (χ0v) is 16.2. The van der Waals surface area contributed by atoms with Crippen LogP contribution in [0.5, 0.6) is 0 Å². The van der Waals surface area contributed by atoms with Crippen molar-refractivity contribution in [3.05, 3.63) is 52.9 Å². The molecule has 0 radical (unpaired) electrons. The highest BCUT2D eigenvalue weighted by molar-refractivity contribution is 5.94. The van der Waals surface area contributed by atoms with Gasteiger partial charge in [0.2, 0.25) is 0 Å². The average molecular weight is 364 g/mol. The first-order valence-electron chi connectivity index (χ1n) is 9.34. The van der Waals surface area contributed by atoms with Gasteiger partial charge in [-0.05, 0) is 51.3 Å². The smallest absolute Gasteiger partial charge is 0.254 e. The summed E-state index contributed by atoms with van der Waals surface area (Å²) in [6.07, 6.45) is 2.49. The van der Waals surface area contributed by atoms with Gasteiger partial charge in [0.25, 0.3) is 11.7 Å². The predicted molar refractivity (Wildman–Crippen MR) is 102 cm³/mol. The Morgan fingerprint density at radius 3 is 2.52 bits per heavy atom. The summed E-state index contributed by atoms with van der Waals surface area (Å²) in [4.78, 5) is 28.1. The number of amides is 1. The predicted octanol–water partition coefficient (Wildman–Crippen LogP) is 2.71. The molecule has 1 aliphatic rings. The Labute approximate surface area is 158 Å². The van der Waals surface area contributed by atoms with Crippen molar-refractivity contribution in [3.63, 3.8) is 0 Å². The normalized spacial score (nSPS) is 20.2. The molecule has 140 valence electrons. The van der Waals surface area contributed by atoms with E-state index in [2.05, 4.69) is 33.0 Å². The van der Waals surface area contributed by atoms with Gasteiger partial charge in [-0.2, -0.15) is 10.1 Å². The first-order valence-corrected chi connectivity index (χ1v) is 9.34. The fourth-order valence-corrected chi connectivity index (χ4v) is 4.00. The van der Waals surface area contributed by atoms with Crippen molar-refractivity contribution < 1.29 is 4.79 Å². The van der Waals surface area contributed by atoms with Crippen molar-refractivity contribution in [1.29, 1.82) is 0 Å². The van der Waals surface area contributed by atoms with Crippen LogP contribution in [0.2, 0.25) is 0 Å². The first-order chi connectivity index (χ1) is 12.9. The number of aryl methyl sites for hydroxylation is 3. The second-order valence-corrected chi connectivity index (χ2v) is 7.56. The zero-order chi connectivity index (χ0) is 19.1. The third-order valence-electron chi connectivity index (χ3n) is 5.36. The van der Waals surface area contributed by atoms with Crippen molar-refractivity contribution in [2.24, 2.45) is 5.92 Å². The molecule has 1 amide bonds. The molecule has 4 heterocycles. The Morgan fingerprint density at radius 1 is 1.07 bits per heavy atom. The summed E-state index contributed by atoms with van der Waals surface area (Å²) < 4.78 is 1.81. The van der Waals surface area contributed by atoms with Gasteiger partial charge in [0.05, 0.1) is 5.69 Å². The van der Waals surface area contributed by atoms with Gasteiger partial charge >= 0.3 is 0 Å². The molecule has 0 spiro atoms. The topological polar surface area (TPSA) is 76.3 Å². The Balaban J connectivity index is 1.67. The maximum Gasteiger partial charge on any atom is 0.254 e. The molecule has 7 nitrogen and oxygen atoms in total. The van der Waals surface area contributed by atoms with Gasteiger partial charge < -0.3 is 4.90 Å². The summed E-state index contributed by atoms with van der Waals surface area (Å²) in [6, 6.07) is 5.81. The Kier molecular flexibility index (Phi) is 4.37. The molecule has 3 aromatic rings. The van der Waals surface area contributed by atoms with Crippen molar-refractivity contribution in [2.45, 2.75) is 40.0 Å². The number of carbonyl (C=O) groups excluding carboxylic acids is 1. The molecule has 0 saturated carbocycles. The second kappa shape index (κ2) is 6.72. The largest absolute Gasteiger partial charge is 0.338 e. The molecule has 0 aromatic carbocycles. The van der Waals surface area contributed by atoms with Crippen LogP contribution in [0, 0.1) is 26.7 Å². The van der Waals surface area contributed by atoms with Crippen LogP contribution in [0.1, 0.15) is 52.4 Å². The van der Waals surface area contributed by atoms with Gasteiger partial charge in [-0.1, -0.05) is 6.92 Å². The van der Waals surface area contributed by atoms with Crippen LogP contribution in [0.25, 0.3) is 5.78 Å². The van der Waals surface area contributed by atoms with E-state index in [1.165, 1.54) is 6.33 Å². The molecule has 7 heteroatoms. The summed E-state index contributed by atoms with van der Waals surface area (Å²) in [6.45, 7) is 9.49. The number of nitrogens with zero attached hydrogens (tertiary/aromatic N) is 6. The number of pyridine rings is 1. The third-order valence-corrected chi connectivity index (χ3v) is 5.36. The van der Waals surface area contributed by atoms with E-state index in [-0.39, 0.29) is 11.8 Å². The van der Waals surface area contributed by atoms with Gasteiger partial charge in [0.15, 0.2) is 0 Å². The number of fused-ring (bicyclic) bond motifs is 1. The van der Waals surface area contributed by atoms with Crippen LogP contribution in [0.3, 0.4) is 0 Å². The van der Waals surface area contributed by atoms with Crippen LogP contribution in [-0.2, 0) is 0 Å². The van der Waals surface area contributed by atoms with Crippen LogP contribution in [0.4, 0.5) is 0 Å². The number of rotatable bonds is 2. The number of hydrogen-bond acceptors (Lipinski definition) is 5. The third kappa shape index (κ3) is 3.29. The van der Waals surface area contributed by atoms with Crippen LogP contribution in [-0.4, -0.2) is 48.5 Å². The molecule has 3 aromatic heterocycles. The van der Waals surface area contributed by atoms with Gasteiger partial charge in [-0.3, -0.25) is 9.78 Å². The minimum atomic E-state index is 0.0705. The summed E-state index contributed by atoms with van der Waals surface area (Å²) in [7, 11) is 0. The van der Waals surface area contributed by atoms with Crippen molar-refractivity contribution in [1.82, 2.24) is 29.5 Å². The van der Waals surface area contributed by atoms with E-state index in [9.17, 15) is 4.79 Å². The average Bonchev–Trinajstić information content (AvgIpc) is 3.08. The minimum Gasteiger partial charge on any atom is -0.338 e. The standard InChI is InChI=1S/C20H24N6O/c1-12-5-6-25(19(27)16-7-13(2)23-14(3)8-16)10-17(12)18-9-15(4)24-20-21-11-22-26(18)20/h7-9,11-12,17H,5-6,10H2,1-4H3/t12-,17-/m0/s1. The molecule has 1 aliphatic heterocycles. The quantitative estimate of drug-likeness (QED) is 0.699. The van der Waals surface area contributed by atoms with Gasteiger partial charge in [-0.25, -0.2) is 9.50 Å². The molecular weight excluding hydrogens is 340 g/mol. The number of carbonyl (C=O) groups is 1. The van der Waals surface area contributed by atoms with Crippen LogP contribution < -0.4 is 0 Å². The number of aromatic nitrogens is 5. The lowest BCUT2D eigenvalue weighted by Crippen LogP contribution is -2.42. The molecule has 0 aliphatic carbocycles. The number of hydrogen-bond donors (Lipinski definition) is 0. The van der Waals surface area contributed by atoms with Crippen molar-refractivity contribution in [3.8, 4) is 0 Å². The highest BCUT2D eigenvalue weighted by Gasteiger charge is 2.32. The number of piperidine rings is 1. The van der Waals surface area contributed by atoms with Gasteiger partial charge in [-0.15, -0.1) is 0 Å². The molecule has 0 unspecified atom stereocenters. The second-order valence-electron chi connectivity index (χ2n) is 7.56. The van der Waals surface area contributed by atoms with Gasteiger partial charge in [0.1, 0.15) is 6.33 Å². The highest BCUT2D eigenvalue weighted by Crippen LogP contribution is 2.33. The Bertz CT molecular complexity index is 991. The fraction of sp³-hybridized carbons (Fsp3) is 0.450. The lowest BCUT2D eigenvalue weighted by atomic mass is 9.84. The molecule has 0 N–H and O–H groups in total. The van der Waals surface area contributed by atoms with E-state index in [1.54, 1.807) is 0 Å².